The molecule has 1 aromatic rings. The van der Waals surface area contributed by atoms with E-state index < -0.39 is 11.9 Å². The van der Waals surface area contributed by atoms with E-state index in [-0.39, 0.29) is 37.0 Å². The molecule has 23 heavy (non-hydrogen) atoms. The molecule has 0 spiro atoms. The van der Waals surface area contributed by atoms with Crippen LogP contribution in [0.2, 0.25) is 5.02 Å². The molecule has 0 bridgehead atoms. The van der Waals surface area contributed by atoms with Gasteiger partial charge in [0.15, 0.2) is 5.78 Å². The molecule has 2 unspecified atom stereocenters. The third kappa shape index (κ3) is 4.79. The summed E-state index contributed by atoms with van der Waals surface area (Å²) >= 11 is 5.78. The number of halogens is 1. The second-order valence-corrected chi connectivity index (χ2v) is 6.54. The normalized spacial score (nSPS) is 21.0. The number of nitrogens with zero attached hydrogens (tertiary/aromatic N) is 1. The van der Waals surface area contributed by atoms with Crippen LogP contribution in [0.15, 0.2) is 24.3 Å². The van der Waals surface area contributed by atoms with Gasteiger partial charge in [0.2, 0.25) is 5.91 Å². The van der Waals surface area contributed by atoms with Gasteiger partial charge in [-0.1, -0.05) is 18.5 Å². The molecule has 5 nitrogen and oxygen atoms in total. The van der Waals surface area contributed by atoms with Crippen LogP contribution >= 0.6 is 11.6 Å². The zero-order valence-electron chi connectivity index (χ0n) is 13.0. The Kier molecular flexibility index (Phi) is 5.77. The minimum absolute atomic E-state index is 0.0977. The van der Waals surface area contributed by atoms with Crippen molar-refractivity contribution in [1.82, 2.24) is 4.90 Å². The highest BCUT2D eigenvalue weighted by molar-refractivity contribution is 6.30. The molecule has 1 N–H and O–H groups in total. The van der Waals surface area contributed by atoms with E-state index in [1.54, 1.807) is 29.2 Å². The Morgan fingerprint density at radius 1 is 1.17 bits per heavy atom. The summed E-state index contributed by atoms with van der Waals surface area (Å²) < 4.78 is 0. The predicted octanol–water partition coefficient (Wildman–Crippen LogP) is 2.87. The maximum atomic E-state index is 12.3. The monoisotopic (exact) mass is 337 g/mol. The van der Waals surface area contributed by atoms with Crippen LogP contribution in [0.4, 0.5) is 0 Å². The number of aliphatic carboxylic acids is 1. The van der Waals surface area contributed by atoms with Crippen molar-refractivity contribution in [2.24, 2.45) is 11.8 Å². The molecule has 1 aliphatic heterocycles. The maximum absolute atomic E-state index is 12.3. The summed E-state index contributed by atoms with van der Waals surface area (Å²) in [6, 6.07) is 6.55. The van der Waals surface area contributed by atoms with E-state index in [1.807, 2.05) is 6.92 Å². The molecule has 0 aromatic heterocycles. The third-order valence-electron chi connectivity index (χ3n) is 4.09. The molecule has 124 valence electrons. The number of piperidine rings is 1. The van der Waals surface area contributed by atoms with Gasteiger partial charge in [-0.3, -0.25) is 14.4 Å². The molecular weight excluding hydrogens is 318 g/mol. The first-order valence-electron chi connectivity index (χ1n) is 7.66. The molecule has 2 atom stereocenters. The predicted molar refractivity (Wildman–Crippen MR) is 86.5 cm³/mol. The molecule has 6 heteroatoms. The lowest BCUT2D eigenvalue weighted by Gasteiger charge is -2.34. The summed E-state index contributed by atoms with van der Waals surface area (Å²) in [5.74, 6) is -1.51. The number of hydrogen-bond donors (Lipinski definition) is 1. The zero-order chi connectivity index (χ0) is 17.0. The number of carboxylic acid groups (broad SMARTS) is 1. The number of carbonyl (C=O) groups excluding carboxylic acids is 2. The molecule has 0 radical (unpaired) electrons. The van der Waals surface area contributed by atoms with E-state index in [9.17, 15) is 14.4 Å². The molecule has 1 aliphatic rings. The summed E-state index contributed by atoms with van der Waals surface area (Å²) in [4.78, 5) is 37.0. The Morgan fingerprint density at radius 2 is 1.83 bits per heavy atom. The van der Waals surface area contributed by atoms with Gasteiger partial charge < -0.3 is 10.0 Å². The first kappa shape index (κ1) is 17.5. The van der Waals surface area contributed by atoms with Crippen molar-refractivity contribution in [3.63, 3.8) is 0 Å². The summed E-state index contributed by atoms with van der Waals surface area (Å²) in [6.45, 7) is 2.72. The Hall–Kier alpha value is -1.88. The van der Waals surface area contributed by atoms with Crippen LogP contribution in [0.3, 0.4) is 0 Å². The number of benzene rings is 1. The number of Topliss-reactive ketones (excluding diaryl/α,β-unsaturated/α-hetero) is 1. The molecule has 1 heterocycles. The fourth-order valence-corrected chi connectivity index (χ4v) is 3.02. The third-order valence-corrected chi connectivity index (χ3v) is 4.35. The molecule has 2 rings (SSSR count). The van der Waals surface area contributed by atoms with Gasteiger partial charge in [0.25, 0.3) is 0 Å². The van der Waals surface area contributed by atoms with E-state index in [4.69, 9.17) is 16.7 Å². The van der Waals surface area contributed by atoms with E-state index in [2.05, 4.69) is 0 Å². The van der Waals surface area contributed by atoms with Crippen molar-refractivity contribution in [2.45, 2.75) is 26.2 Å². The Morgan fingerprint density at radius 3 is 2.43 bits per heavy atom. The van der Waals surface area contributed by atoms with Crippen molar-refractivity contribution in [3.8, 4) is 0 Å². The average molecular weight is 338 g/mol. The van der Waals surface area contributed by atoms with Crippen molar-refractivity contribution in [2.75, 3.05) is 13.1 Å². The minimum atomic E-state index is -0.869. The topological polar surface area (TPSA) is 74.7 Å². The molecule has 1 fully saturated rings. The first-order valence-corrected chi connectivity index (χ1v) is 8.04. The van der Waals surface area contributed by atoms with Gasteiger partial charge in [-0.05, 0) is 36.6 Å². The Labute approximate surface area is 140 Å². The number of amides is 1. The minimum Gasteiger partial charge on any atom is -0.481 e. The van der Waals surface area contributed by atoms with Crippen molar-refractivity contribution in [1.29, 1.82) is 0 Å². The largest absolute Gasteiger partial charge is 0.481 e. The summed E-state index contributed by atoms with van der Waals surface area (Å²) in [5.41, 5.74) is 0.526. The lowest BCUT2D eigenvalue weighted by molar-refractivity contribution is -0.146. The van der Waals surface area contributed by atoms with Crippen LogP contribution in [0.1, 0.15) is 36.5 Å². The smallest absolute Gasteiger partial charge is 0.308 e. The fourth-order valence-electron chi connectivity index (χ4n) is 2.89. The second-order valence-electron chi connectivity index (χ2n) is 6.10. The summed E-state index contributed by atoms with van der Waals surface area (Å²) in [7, 11) is 0. The van der Waals surface area contributed by atoms with Crippen LogP contribution in [0.25, 0.3) is 0 Å². The quantitative estimate of drug-likeness (QED) is 0.838. The molecule has 0 saturated carbocycles. The fraction of sp³-hybridized carbons (Fsp3) is 0.471. The van der Waals surface area contributed by atoms with Gasteiger partial charge in [0.05, 0.1) is 5.92 Å². The lowest BCUT2D eigenvalue weighted by atomic mass is 9.90. The number of rotatable bonds is 5. The molecule has 0 aliphatic carbocycles. The summed E-state index contributed by atoms with van der Waals surface area (Å²) in [6.07, 6.45) is 0.798. The van der Waals surface area contributed by atoms with E-state index in [0.29, 0.717) is 23.6 Å². The first-order chi connectivity index (χ1) is 10.9. The standard InChI is InChI=1S/C17H20ClNO4/c1-11-8-13(17(22)23)10-19(9-11)16(21)7-6-15(20)12-2-4-14(18)5-3-12/h2-5,11,13H,6-10H2,1H3,(H,22,23). The lowest BCUT2D eigenvalue weighted by Crippen LogP contribution is -2.45. The van der Waals surface area contributed by atoms with Crippen molar-refractivity contribution in [3.05, 3.63) is 34.9 Å². The van der Waals surface area contributed by atoms with Gasteiger partial charge >= 0.3 is 5.97 Å². The number of carbonyl (C=O) groups is 3. The van der Waals surface area contributed by atoms with Crippen LogP contribution in [0, 0.1) is 11.8 Å². The Bertz CT molecular complexity index is 599. The van der Waals surface area contributed by atoms with Gasteiger partial charge in [-0.15, -0.1) is 0 Å². The van der Waals surface area contributed by atoms with Gasteiger partial charge in [0, 0.05) is 36.5 Å². The van der Waals surface area contributed by atoms with Gasteiger partial charge in [-0.2, -0.15) is 0 Å². The summed E-state index contributed by atoms with van der Waals surface area (Å²) in [5, 5.41) is 9.70. The SMILES string of the molecule is CC1CC(C(=O)O)CN(C(=O)CCC(=O)c2ccc(Cl)cc2)C1. The molecule has 1 aromatic carbocycles. The van der Waals surface area contributed by atoms with Crippen LogP contribution in [0.5, 0.6) is 0 Å². The average Bonchev–Trinajstić information content (AvgIpc) is 2.52. The van der Waals surface area contributed by atoms with Crippen LogP contribution in [-0.4, -0.2) is 40.8 Å². The number of carboxylic acids is 1. The number of hydrogen-bond acceptors (Lipinski definition) is 3. The van der Waals surface area contributed by atoms with E-state index in [0.717, 1.165) is 0 Å². The molecule has 1 saturated heterocycles. The van der Waals surface area contributed by atoms with Gasteiger partial charge in [0.1, 0.15) is 0 Å². The van der Waals surface area contributed by atoms with Gasteiger partial charge in [-0.25, -0.2) is 0 Å². The van der Waals surface area contributed by atoms with Crippen LogP contribution in [-0.2, 0) is 9.59 Å². The number of likely N-dealkylation sites (tertiary alicyclic amines) is 1. The van der Waals surface area contributed by atoms with Crippen LogP contribution < -0.4 is 0 Å². The highest BCUT2D eigenvalue weighted by Crippen LogP contribution is 2.23. The maximum Gasteiger partial charge on any atom is 0.308 e. The van der Waals surface area contributed by atoms with E-state index >= 15 is 0 Å². The number of ketones is 1. The highest BCUT2D eigenvalue weighted by atomic mass is 35.5. The Balaban J connectivity index is 1.89. The van der Waals surface area contributed by atoms with Crippen molar-refractivity contribution >= 4 is 29.3 Å². The molecular formula is C17H20ClNO4. The second kappa shape index (κ2) is 7.59. The van der Waals surface area contributed by atoms with Crippen molar-refractivity contribution < 1.29 is 19.5 Å². The zero-order valence-corrected chi connectivity index (χ0v) is 13.8. The van der Waals surface area contributed by atoms with E-state index in [1.165, 1.54) is 0 Å². The molecule has 1 amide bonds. The highest BCUT2D eigenvalue weighted by Gasteiger charge is 2.31.